The van der Waals surface area contributed by atoms with Crippen LogP contribution in [0.2, 0.25) is 0 Å². The lowest BCUT2D eigenvalue weighted by molar-refractivity contribution is 0.0596. The van der Waals surface area contributed by atoms with Gasteiger partial charge in [0.2, 0.25) is 15.9 Å². The van der Waals surface area contributed by atoms with Crippen LogP contribution >= 0.6 is 0 Å². The van der Waals surface area contributed by atoms with Crippen molar-refractivity contribution in [3.8, 4) is 0 Å². The zero-order chi connectivity index (χ0) is 26.0. The van der Waals surface area contributed by atoms with Gasteiger partial charge in [0, 0.05) is 31.4 Å². The van der Waals surface area contributed by atoms with Crippen molar-refractivity contribution in [1.29, 1.82) is 0 Å². The summed E-state index contributed by atoms with van der Waals surface area (Å²) in [5.41, 5.74) is 1.23. The van der Waals surface area contributed by atoms with Crippen LogP contribution in [0.25, 0.3) is 0 Å². The number of ether oxygens (including phenoxy) is 1. The predicted molar refractivity (Wildman–Crippen MR) is 137 cm³/mol. The number of aromatic nitrogens is 2. The molecule has 1 aromatic heterocycles. The Labute approximate surface area is 217 Å². The summed E-state index contributed by atoms with van der Waals surface area (Å²) in [6.45, 7) is 3.33. The lowest BCUT2D eigenvalue weighted by atomic mass is 9.73. The first-order valence-electron chi connectivity index (χ1n) is 12.7. The van der Waals surface area contributed by atoms with Gasteiger partial charge in [-0.25, -0.2) is 12.8 Å². The van der Waals surface area contributed by atoms with Gasteiger partial charge in [0.05, 0.1) is 12.0 Å². The van der Waals surface area contributed by atoms with Gasteiger partial charge in [0.15, 0.2) is 5.82 Å². The largest absolute Gasteiger partial charge is 0.381 e. The molecule has 2 aromatic carbocycles. The van der Waals surface area contributed by atoms with E-state index in [0.717, 1.165) is 11.1 Å². The molecule has 3 aromatic rings. The van der Waals surface area contributed by atoms with E-state index in [1.807, 2.05) is 43.3 Å². The van der Waals surface area contributed by atoms with Crippen LogP contribution in [0, 0.1) is 5.82 Å². The van der Waals surface area contributed by atoms with Crippen LogP contribution in [-0.2, 0) is 33.3 Å². The number of halogens is 1. The Morgan fingerprint density at radius 2 is 1.89 bits per heavy atom. The van der Waals surface area contributed by atoms with E-state index in [4.69, 9.17) is 9.26 Å². The lowest BCUT2D eigenvalue weighted by Gasteiger charge is -2.38. The Morgan fingerprint density at radius 3 is 2.59 bits per heavy atom. The third-order valence-electron chi connectivity index (χ3n) is 7.70. The van der Waals surface area contributed by atoms with Crippen LogP contribution in [0.5, 0.6) is 0 Å². The second kappa shape index (κ2) is 10.6. The molecule has 2 saturated heterocycles. The Morgan fingerprint density at radius 1 is 1.14 bits per heavy atom. The summed E-state index contributed by atoms with van der Waals surface area (Å²) in [6, 6.07) is 14.1. The van der Waals surface area contributed by atoms with Crippen LogP contribution in [-0.4, -0.2) is 49.2 Å². The molecule has 2 aliphatic rings. The summed E-state index contributed by atoms with van der Waals surface area (Å²) < 4.78 is 55.3. The number of sulfonamides is 1. The van der Waals surface area contributed by atoms with Crippen molar-refractivity contribution >= 4 is 10.0 Å². The molecular weight excluding hydrogens is 495 g/mol. The van der Waals surface area contributed by atoms with Crippen LogP contribution in [0.15, 0.2) is 53.1 Å². The van der Waals surface area contributed by atoms with E-state index < -0.39 is 26.5 Å². The molecule has 2 fully saturated rings. The molecule has 2 aliphatic heterocycles. The molecule has 8 nitrogen and oxygen atoms in total. The number of hydrogen-bond acceptors (Lipinski definition) is 7. The summed E-state index contributed by atoms with van der Waals surface area (Å²) in [6.07, 6.45) is 2.46. The molecule has 3 heterocycles. The highest BCUT2D eigenvalue weighted by Gasteiger charge is 2.43. The van der Waals surface area contributed by atoms with Gasteiger partial charge in [-0.2, -0.15) is 9.29 Å². The fraction of sp³-hybridized carbons (Fsp3) is 0.481. The lowest BCUT2D eigenvalue weighted by Crippen LogP contribution is -2.44. The molecule has 10 heteroatoms. The second-order valence-corrected chi connectivity index (χ2v) is 12.0. The van der Waals surface area contributed by atoms with Crippen molar-refractivity contribution in [2.45, 2.75) is 62.4 Å². The monoisotopic (exact) mass is 528 g/mol. The van der Waals surface area contributed by atoms with Gasteiger partial charge < -0.3 is 14.6 Å². The molecule has 37 heavy (non-hydrogen) atoms. The third kappa shape index (κ3) is 4.95. The minimum atomic E-state index is -3.66. The summed E-state index contributed by atoms with van der Waals surface area (Å²) in [5.74, 6) is 0.551. The molecule has 0 bridgehead atoms. The highest BCUT2D eigenvalue weighted by Crippen LogP contribution is 2.41. The highest BCUT2D eigenvalue weighted by atomic mass is 32.2. The molecule has 198 valence electrons. The number of nitrogens with one attached hydrogen (secondary N) is 1. The maximum atomic E-state index is 15.6. The molecule has 0 saturated carbocycles. The Balaban J connectivity index is 1.44. The molecule has 5 rings (SSSR count). The third-order valence-corrected chi connectivity index (χ3v) is 10.1. The summed E-state index contributed by atoms with van der Waals surface area (Å²) in [4.78, 5) is 4.58. The van der Waals surface area contributed by atoms with Crippen LogP contribution in [0.3, 0.4) is 0 Å². The summed E-state index contributed by atoms with van der Waals surface area (Å²) in [5, 5.41) is 6.60. The number of benzene rings is 2. The highest BCUT2D eigenvalue weighted by molar-refractivity contribution is 7.89. The van der Waals surface area contributed by atoms with E-state index >= 15 is 4.39 Å². The Bertz CT molecular complexity index is 1330. The van der Waals surface area contributed by atoms with Crippen LogP contribution in [0.1, 0.15) is 66.3 Å². The smallest absolute Gasteiger partial charge is 0.240 e. The second-order valence-electron chi connectivity index (χ2n) is 9.96. The van der Waals surface area contributed by atoms with Crippen molar-refractivity contribution in [3.05, 3.63) is 82.8 Å². The van der Waals surface area contributed by atoms with Gasteiger partial charge in [-0.05, 0) is 56.8 Å². The van der Waals surface area contributed by atoms with E-state index in [9.17, 15) is 8.42 Å². The molecular formula is C27H33FN4O4S. The van der Waals surface area contributed by atoms with E-state index in [2.05, 4.69) is 15.5 Å². The first kappa shape index (κ1) is 26.0. The van der Waals surface area contributed by atoms with Crippen molar-refractivity contribution in [2.75, 3.05) is 20.3 Å². The van der Waals surface area contributed by atoms with Gasteiger partial charge in [0.1, 0.15) is 11.1 Å². The van der Waals surface area contributed by atoms with Gasteiger partial charge >= 0.3 is 0 Å². The van der Waals surface area contributed by atoms with Crippen molar-refractivity contribution in [2.24, 2.45) is 0 Å². The number of hydrogen-bond donors (Lipinski definition) is 1. The predicted octanol–water partition coefficient (Wildman–Crippen LogP) is 4.08. The maximum Gasteiger partial charge on any atom is 0.240 e. The Hall–Kier alpha value is -2.66. The average Bonchev–Trinajstić information content (AvgIpc) is 3.37. The van der Waals surface area contributed by atoms with Crippen LogP contribution in [0.4, 0.5) is 4.39 Å². The van der Waals surface area contributed by atoms with E-state index in [0.29, 0.717) is 62.7 Å². The number of nitrogens with zero attached hydrogens (tertiary/aromatic N) is 3. The molecule has 0 radical (unpaired) electrons. The maximum absolute atomic E-state index is 15.6. The van der Waals surface area contributed by atoms with Crippen molar-refractivity contribution in [1.82, 2.24) is 19.8 Å². The Kier molecular flexibility index (Phi) is 7.44. The first-order chi connectivity index (χ1) is 17.8. The zero-order valence-electron chi connectivity index (χ0n) is 21.2. The molecule has 0 unspecified atom stereocenters. The molecule has 0 spiro atoms. The normalized spacial score (nSPS) is 23.6. The molecule has 2 atom stereocenters. The summed E-state index contributed by atoms with van der Waals surface area (Å²) >= 11 is 0. The number of rotatable bonds is 7. The van der Waals surface area contributed by atoms with Gasteiger partial charge in [-0.15, -0.1) is 0 Å². The van der Waals surface area contributed by atoms with E-state index in [1.165, 1.54) is 10.4 Å². The minimum absolute atomic E-state index is 0.0103. The molecule has 0 aliphatic carbocycles. The quantitative estimate of drug-likeness (QED) is 0.494. The van der Waals surface area contributed by atoms with Gasteiger partial charge in [0.25, 0.3) is 0 Å². The fourth-order valence-corrected chi connectivity index (χ4v) is 7.71. The zero-order valence-corrected chi connectivity index (χ0v) is 22.0. The fourth-order valence-electron chi connectivity index (χ4n) is 5.53. The van der Waals surface area contributed by atoms with Gasteiger partial charge in [-0.1, -0.05) is 47.6 Å². The molecule has 0 amide bonds. The minimum Gasteiger partial charge on any atom is -0.381 e. The topological polar surface area (TPSA) is 97.6 Å². The van der Waals surface area contributed by atoms with E-state index in [-0.39, 0.29) is 12.6 Å². The standard InChI is InChI=1S/C27H33FN4O4S/c1-19-8-11-24(20-6-4-3-5-7-20)37(33,34)32(19)18-21-9-10-22(16-23(21)28)27(12-14-35-15-13-27)26-30-25(17-29-2)36-31-26/h3-7,9-10,16,19,24,29H,8,11-15,17-18H2,1-2H3/t19-,24+/m0/s1. The summed E-state index contributed by atoms with van der Waals surface area (Å²) in [7, 11) is -1.86. The van der Waals surface area contributed by atoms with Crippen molar-refractivity contribution in [3.63, 3.8) is 0 Å². The molecule has 1 N–H and O–H groups in total. The van der Waals surface area contributed by atoms with E-state index in [1.54, 1.807) is 13.1 Å². The average molecular weight is 529 g/mol. The van der Waals surface area contributed by atoms with Crippen molar-refractivity contribution < 1.29 is 22.1 Å². The van der Waals surface area contributed by atoms with Crippen LogP contribution < -0.4 is 5.32 Å². The first-order valence-corrected chi connectivity index (χ1v) is 14.3. The SMILES string of the molecule is CNCc1nc(C2(c3ccc(CN4[C@@H](C)CC[C@H](c5ccccc5)S4(=O)=O)c(F)c3)CCOCC2)no1. The van der Waals surface area contributed by atoms with Gasteiger partial charge in [-0.3, -0.25) is 0 Å².